The smallest absolute Gasteiger partial charge is 0.337 e. The number of ether oxygens (including phenoxy) is 1. The Kier molecular flexibility index (Phi) is 7.45. The molecule has 0 unspecified atom stereocenters. The van der Waals surface area contributed by atoms with E-state index in [2.05, 4.69) is 10.3 Å². The van der Waals surface area contributed by atoms with Crippen LogP contribution in [-0.4, -0.2) is 77.2 Å². The lowest BCUT2D eigenvalue weighted by Crippen LogP contribution is -2.54. The molecule has 1 spiro atoms. The number of anilines is 1. The molecular weight excluding hydrogens is 564 g/mol. The monoisotopic (exact) mass is 595 g/mol. The van der Waals surface area contributed by atoms with Crippen LogP contribution in [0.15, 0.2) is 36.4 Å². The van der Waals surface area contributed by atoms with Crippen molar-refractivity contribution in [3.63, 3.8) is 0 Å². The summed E-state index contributed by atoms with van der Waals surface area (Å²) in [4.78, 5) is 71.3. The Morgan fingerprint density at radius 3 is 2.53 bits per heavy atom. The number of benzene rings is 2. The number of hydrogen-bond donors (Lipinski definition) is 3. The van der Waals surface area contributed by atoms with Gasteiger partial charge in [-0.25, -0.2) is 13.6 Å². The van der Waals surface area contributed by atoms with Crippen LogP contribution >= 0.6 is 0 Å². The number of hydrogen-bond acceptors (Lipinski definition) is 6. The molecule has 43 heavy (non-hydrogen) atoms. The molecule has 13 heteroatoms. The molecule has 1 saturated heterocycles. The zero-order valence-electron chi connectivity index (χ0n) is 24.0. The molecule has 2 aromatic carbocycles. The lowest BCUT2D eigenvalue weighted by Gasteiger charge is -2.33. The van der Waals surface area contributed by atoms with Crippen LogP contribution in [0.25, 0.3) is 10.9 Å². The number of aromatic amines is 1. The van der Waals surface area contributed by atoms with E-state index in [1.165, 1.54) is 42.2 Å². The number of halogens is 2. The summed E-state index contributed by atoms with van der Waals surface area (Å²) < 4.78 is 32.9. The van der Waals surface area contributed by atoms with Crippen LogP contribution < -0.4 is 11.1 Å². The second kappa shape index (κ2) is 10.8. The van der Waals surface area contributed by atoms with Crippen molar-refractivity contribution in [2.45, 2.75) is 44.2 Å². The maximum absolute atomic E-state index is 14.3. The van der Waals surface area contributed by atoms with E-state index in [0.29, 0.717) is 17.3 Å². The number of rotatable bonds is 7. The molecule has 3 atom stereocenters. The highest BCUT2D eigenvalue weighted by atomic mass is 19.1. The van der Waals surface area contributed by atoms with E-state index in [-0.39, 0.29) is 47.5 Å². The third kappa shape index (κ3) is 4.98. The third-order valence-electron chi connectivity index (χ3n) is 8.26. The summed E-state index contributed by atoms with van der Waals surface area (Å²) in [5, 5.41) is 2.78. The number of carbonyl (C=O) groups is 5. The summed E-state index contributed by atoms with van der Waals surface area (Å²) in [5.74, 6) is -4.92. The minimum absolute atomic E-state index is 0.0115. The summed E-state index contributed by atoms with van der Waals surface area (Å²) in [6.07, 6.45) is 0.0605. The highest BCUT2D eigenvalue weighted by Gasteiger charge is 2.58. The van der Waals surface area contributed by atoms with Gasteiger partial charge in [0.2, 0.25) is 17.7 Å². The maximum Gasteiger partial charge on any atom is 0.337 e. The summed E-state index contributed by atoms with van der Waals surface area (Å²) in [7, 11) is 2.63. The van der Waals surface area contributed by atoms with Crippen LogP contribution in [0.2, 0.25) is 0 Å². The average molecular weight is 596 g/mol. The number of methoxy groups -OCH3 is 1. The number of esters is 1. The van der Waals surface area contributed by atoms with E-state index >= 15 is 0 Å². The summed E-state index contributed by atoms with van der Waals surface area (Å²) in [6.45, 7) is 3.48. The molecule has 0 saturated carbocycles. The number of likely N-dealkylation sites (N-methyl/N-ethyl adjacent to an activating group) is 1. The Morgan fingerprint density at radius 1 is 1.16 bits per heavy atom. The number of nitrogens with two attached hydrogens (primary N) is 1. The van der Waals surface area contributed by atoms with Gasteiger partial charge in [0.25, 0.3) is 5.91 Å². The van der Waals surface area contributed by atoms with Crippen LogP contribution in [0, 0.1) is 17.6 Å². The minimum atomic E-state index is -1.38. The van der Waals surface area contributed by atoms with Crippen LogP contribution in [-0.2, 0) is 24.5 Å². The first kappa shape index (κ1) is 29.7. The molecule has 2 aliphatic heterocycles. The first-order chi connectivity index (χ1) is 20.3. The molecule has 0 bridgehead atoms. The first-order valence-electron chi connectivity index (χ1n) is 13.7. The van der Waals surface area contributed by atoms with Gasteiger partial charge in [0.15, 0.2) is 0 Å². The Morgan fingerprint density at radius 2 is 1.88 bits per heavy atom. The highest BCUT2D eigenvalue weighted by molar-refractivity contribution is 6.09. The molecule has 3 heterocycles. The van der Waals surface area contributed by atoms with Gasteiger partial charge in [-0.1, -0.05) is 13.8 Å². The maximum atomic E-state index is 14.3. The molecular formula is C30H31F2N5O6. The molecule has 11 nitrogen and oxygen atoms in total. The number of nitrogens with zero attached hydrogens (tertiary/aromatic N) is 2. The summed E-state index contributed by atoms with van der Waals surface area (Å²) in [5.41, 5.74) is 5.44. The van der Waals surface area contributed by atoms with E-state index in [0.717, 1.165) is 6.07 Å². The van der Waals surface area contributed by atoms with Gasteiger partial charge in [0.05, 0.1) is 23.6 Å². The molecule has 4 N–H and O–H groups in total. The third-order valence-corrected chi connectivity index (χ3v) is 8.26. The number of carbonyl (C=O) groups excluding carboxylic acids is 5. The predicted octanol–water partition coefficient (Wildman–Crippen LogP) is 2.70. The summed E-state index contributed by atoms with van der Waals surface area (Å²) in [6, 6.07) is 5.29. The van der Waals surface area contributed by atoms with Crippen molar-refractivity contribution in [2.75, 3.05) is 26.0 Å². The van der Waals surface area contributed by atoms with Crippen molar-refractivity contribution in [2.24, 2.45) is 11.7 Å². The Bertz CT molecular complexity index is 1690. The lowest BCUT2D eigenvalue weighted by atomic mass is 9.79. The minimum Gasteiger partial charge on any atom is -0.465 e. The molecule has 1 fully saturated rings. The van der Waals surface area contributed by atoms with Gasteiger partial charge in [-0.3, -0.25) is 19.2 Å². The molecule has 0 aliphatic carbocycles. The number of aromatic nitrogens is 1. The number of amides is 4. The molecule has 0 radical (unpaired) electrons. The zero-order chi connectivity index (χ0) is 31.4. The Hall–Kier alpha value is -4.81. The van der Waals surface area contributed by atoms with Gasteiger partial charge in [0.1, 0.15) is 29.4 Å². The predicted molar refractivity (Wildman–Crippen MR) is 151 cm³/mol. The molecule has 4 amide bonds. The van der Waals surface area contributed by atoms with Crippen LogP contribution in [0.5, 0.6) is 0 Å². The molecule has 3 aromatic rings. The Labute approximate surface area is 245 Å². The highest BCUT2D eigenvalue weighted by Crippen LogP contribution is 2.47. The standard InChI is InChI=1S/C30H31F2N5O6/c1-14(2)7-23(36(3)26(39)22-11-17-19(32)9-16(31)10-21(17)34-22)27(40)37-13-30(12-24(37)25(33)38)18-8-15(28(41)43-4)5-6-20(18)35-29(30)42/h5-6,8-11,14,23-24,34H,7,12-13H2,1-4H3,(H2,33,38)(H,35,42)/t23-,24-,30-/m0/s1. The van der Waals surface area contributed by atoms with Gasteiger partial charge in [-0.05, 0) is 54.7 Å². The van der Waals surface area contributed by atoms with Crippen molar-refractivity contribution < 1.29 is 37.5 Å². The van der Waals surface area contributed by atoms with Crippen LogP contribution in [0.4, 0.5) is 14.5 Å². The van der Waals surface area contributed by atoms with Gasteiger partial charge in [-0.2, -0.15) is 0 Å². The van der Waals surface area contributed by atoms with Gasteiger partial charge in [0, 0.05) is 30.7 Å². The van der Waals surface area contributed by atoms with E-state index in [9.17, 15) is 32.8 Å². The quantitative estimate of drug-likeness (QED) is 0.357. The topological polar surface area (TPSA) is 155 Å². The second-order valence-corrected chi connectivity index (χ2v) is 11.5. The van der Waals surface area contributed by atoms with Crippen molar-refractivity contribution in [3.05, 3.63) is 64.9 Å². The zero-order valence-corrected chi connectivity index (χ0v) is 24.0. The van der Waals surface area contributed by atoms with Crippen LogP contribution in [0.1, 0.15) is 53.1 Å². The van der Waals surface area contributed by atoms with Gasteiger partial charge >= 0.3 is 5.97 Å². The van der Waals surface area contributed by atoms with Gasteiger partial charge < -0.3 is 30.6 Å². The van der Waals surface area contributed by atoms with E-state index < -0.39 is 58.7 Å². The molecule has 226 valence electrons. The second-order valence-electron chi connectivity index (χ2n) is 11.5. The molecule has 5 rings (SSSR count). The number of primary amides is 1. The number of nitrogens with one attached hydrogen (secondary N) is 2. The first-order valence-corrected chi connectivity index (χ1v) is 13.7. The normalized spacial score (nSPS) is 19.9. The summed E-state index contributed by atoms with van der Waals surface area (Å²) >= 11 is 0. The lowest BCUT2D eigenvalue weighted by molar-refractivity contribution is -0.141. The fraction of sp³-hybridized carbons (Fsp3) is 0.367. The fourth-order valence-electron chi connectivity index (χ4n) is 6.08. The number of H-pyrrole nitrogens is 1. The van der Waals surface area contributed by atoms with E-state index in [4.69, 9.17) is 10.5 Å². The van der Waals surface area contributed by atoms with Crippen molar-refractivity contribution in [1.29, 1.82) is 0 Å². The Balaban J connectivity index is 1.50. The largest absolute Gasteiger partial charge is 0.465 e. The van der Waals surface area contributed by atoms with Crippen LogP contribution in [0.3, 0.4) is 0 Å². The van der Waals surface area contributed by atoms with Crippen molar-refractivity contribution in [3.8, 4) is 0 Å². The number of likely N-dealkylation sites (tertiary alicyclic amines) is 1. The molecule has 1 aromatic heterocycles. The van der Waals surface area contributed by atoms with Crippen molar-refractivity contribution in [1.82, 2.24) is 14.8 Å². The molecule has 2 aliphatic rings. The fourth-order valence-corrected chi connectivity index (χ4v) is 6.08. The van der Waals surface area contributed by atoms with E-state index in [1.807, 2.05) is 13.8 Å². The van der Waals surface area contributed by atoms with E-state index in [1.54, 1.807) is 6.07 Å². The number of fused-ring (bicyclic) bond motifs is 3. The SMILES string of the molecule is COC(=O)c1ccc2c(c1)[C@@]1(C[C@@H](C(N)=O)N(C(=O)[C@H](CC(C)C)N(C)C(=O)c3cc4c(F)cc(F)cc4[nH]3)C1)C(=O)N2. The average Bonchev–Trinajstić information content (AvgIpc) is 3.64. The van der Waals surface area contributed by atoms with Gasteiger partial charge in [-0.15, -0.1) is 0 Å². The van der Waals surface area contributed by atoms with Crippen molar-refractivity contribution >= 4 is 46.2 Å².